The lowest BCUT2D eigenvalue weighted by atomic mass is 10.4. The third-order valence-corrected chi connectivity index (χ3v) is 2.98. The Hall–Kier alpha value is -1.47. The van der Waals surface area contributed by atoms with Gasteiger partial charge in [-0.1, -0.05) is 0 Å². The number of carbonyl (C=O) groups excluding carboxylic acids is 1. The van der Waals surface area contributed by atoms with Crippen molar-refractivity contribution >= 4 is 5.91 Å². The fraction of sp³-hybridized carbons (Fsp3) is 0.727. The van der Waals surface area contributed by atoms with Gasteiger partial charge in [-0.2, -0.15) is 0 Å². The van der Waals surface area contributed by atoms with Crippen molar-refractivity contribution in [2.24, 2.45) is 5.73 Å². The fourth-order valence-corrected chi connectivity index (χ4v) is 1.98. The molecule has 2 heterocycles. The first kappa shape index (κ1) is 13.0. The number of ether oxygens (including phenoxy) is 1. The van der Waals surface area contributed by atoms with E-state index in [0.717, 1.165) is 31.0 Å². The highest BCUT2D eigenvalue weighted by molar-refractivity contribution is 5.77. The molecule has 0 spiro atoms. The van der Waals surface area contributed by atoms with E-state index in [9.17, 15) is 4.79 Å². The van der Waals surface area contributed by atoms with Crippen LogP contribution in [-0.4, -0.2) is 52.4 Å². The Morgan fingerprint density at radius 3 is 3.17 bits per heavy atom. The maximum Gasteiger partial charge on any atom is 0.248 e. The van der Waals surface area contributed by atoms with Crippen molar-refractivity contribution < 1.29 is 9.53 Å². The zero-order valence-corrected chi connectivity index (χ0v) is 10.6. The van der Waals surface area contributed by atoms with E-state index in [2.05, 4.69) is 14.8 Å². The number of likely N-dealkylation sites (N-methyl/N-ethyl adjacent to an activating group) is 1. The van der Waals surface area contributed by atoms with Gasteiger partial charge in [0.2, 0.25) is 5.91 Å². The highest BCUT2D eigenvalue weighted by Gasteiger charge is 2.19. The molecule has 18 heavy (non-hydrogen) atoms. The van der Waals surface area contributed by atoms with Crippen LogP contribution in [0.25, 0.3) is 0 Å². The minimum Gasteiger partial charge on any atom is -0.370 e. The van der Waals surface area contributed by atoms with Crippen LogP contribution in [0.2, 0.25) is 0 Å². The van der Waals surface area contributed by atoms with Crippen LogP contribution < -0.4 is 5.73 Å². The van der Waals surface area contributed by atoms with Crippen molar-refractivity contribution in [2.45, 2.75) is 25.9 Å². The molecule has 0 unspecified atom stereocenters. The van der Waals surface area contributed by atoms with Gasteiger partial charge in [0.1, 0.15) is 12.4 Å². The Bertz CT molecular complexity index is 418. The minimum atomic E-state index is -0.0706. The van der Waals surface area contributed by atoms with Crippen molar-refractivity contribution in [3.63, 3.8) is 0 Å². The summed E-state index contributed by atoms with van der Waals surface area (Å²) in [6.45, 7) is 2.31. The third-order valence-electron chi connectivity index (χ3n) is 2.98. The SMILES string of the molecule is CN(Cc1nnc2n1CCC2)C(=O)COCCN. The zero-order valence-electron chi connectivity index (χ0n) is 10.6. The number of fused-ring (bicyclic) bond motifs is 1. The zero-order chi connectivity index (χ0) is 13.0. The number of carbonyl (C=O) groups is 1. The molecule has 1 aromatic heterocycles. The number of hydrogen-bond acceptors (Lipinski definition) is 5. The molecular weight excluding hydrogens is 234 g/mol. The second-order valence-electron chi connectivity index (χ2n) is 4.38. The smallest absolute Gasteiger partial charge is 0.248 e. The Balaban J connectivity index is 1.86. The predicted molar refractivity (Wildman–Crippen MR) is 64.7 cm³/mol. The van der Waals surface area contributed by atoms with Gasteiger partial charge in [-0.3, -0.25) is 4.79 Å². The summed E-state index contributed by atoms with van der Waals surface area (Å²) < 4.78 is 7.21. The molecule has 1 aliphatic rings. The molecule has 1 aliphatic heterocycles. The van der Waals surface area contributed by atoms with Crippen LogP contribution in [0, 0.1) is 0 Å². The van der Waals surface area contributed by atoms with Crippen molar-refractivity contribution in [3.05, 3.63) is 11.6 Å². The first-order chi connectivity index (χ1) is 8.72. The summed E-state index contributed by atoms with van der Waals surface area (Å²) in [5, 5.41) is 8.23. The van der Waals surface area contributed by atoms with E-state index >= 15 is 0 Å². The van der Waals surface area contributed by atoms with E-state index < -0.39 is 0 Å². The molecule has 0 radical (unpaired) electrons. The van der Waals surface area contributed by atoms with E-state index in [1.165, 1.54) is 0 Å². The number of nitrogens with zero attached hydrogens (tertiary/aromatic N) is 4. The molecule has 100 valence electrons. The van der Waals surface area contributed by atoms with Gasteiger partial charge in [0, 0.05) is 26.6 Å². The van der Waals surface area contributed by atoms with Crippen LogP contribution in [-0.2, 0) is 29.0 Å². The Morgan fingerprint density at radius 1 is 1.56 bits per heavy atom. The highest BCUT2D eigenvalue weighted by Crippen LogP contribution is 2.14. The van der Waals surface area contributed by atoms with Crippen molar-refractivity contribution in [1.82, 2.24) is 19.7 Å². The molecule has 0 saturated carbocycles. The van der Waals surface area contributed by atoms with E-state index in [0.29, 0.717) is 19.7 Å². The molecule has 0 saturated heterocycles. The Labute approximate surface area is 106 Å². The lowest BCUT2D eigenvalue weighted by Gasteiger charge is -2.16. The fourth-order valence-electron chi connectivity index (χ4n) is 1.98. The van der Waals surface area contributed by atoms with E-state index in [4.69, 9.17) is 10.5 Å². The van der Waals surface area contributed by atoms with Crippen LogP contribution in [0.3, 0.4) is 0 Å². The van der Waals surface area contributed by atoms with E-state index in [1.54, 1.807) is 11.9 Å². The van der Waals surface area contributed by atoms with Gasteiger partial charge >= 0.3 is 0 Å². The van der Waals surface area contributed by atoms with Gasteiger partial charge in [-0.05, 0) is 6.42 Å². The normalized spacial score (nSPS) is 13.7. The summed E-state index contributed by atoms with van der Waals surface area (Å²) in [5.41, 5.74) is 5.29. The number of nitrogens with two attached hydrogens (primary N) is 1. The van der Waals surface area contributed by atoms with Gasteiger partial charge < -0.3 is 19.9 Å². The monoisotopic (exact) mass is 253 g/mol. The average molecular weight is 253 g/mol. The molecule has 1 aromatic rings. The van der Waals surface area contributed by atoms with Crippen molar-refractivity contribution in [2.75, 3.05) is 26.8 Å². The van der Waals surface area contributed by atoms with Crippen LogP contribution in [0.5, 0.6) is 0 Å². The predicted octanol–water partition coefficient (Wildman–Crippen LogP) is -0.842. The second-order valence-corrected chi connectivity index (χ2v) is 4.38. The average Bonchev–Trinajstić information content (AvgIpc) is 2.94. The highest BCUT2D eigenvalue weighted by atomic mass is 16.5. The first-order valence-electron chi connectivity index (χ1n) is 6.15. The summed E-state index contributed by atoms with van der Waals surface area (Å²) in [5.74, 6) is 1.79. The van der Waals surface area contributed by atoms with Gasteiger partial charge in [0.15, 0.2) is 5.82 Å². The molecule has 2 rings (SSSR count). The molecule has 7 heteroatoms. The first-order valence-corrected chi connectivity index (χ1v) is 6.15. The molecule has 7 nitrogen and oxygen atoms in total. The molecule has 0 aliphatic carbocycles. The van der Waals surface area contributed by atoms with Crippen LogP contribution in [0.15, 0.2) is 0 Å². The number of aryl methyl sites for hydroxylation is 1. The van der Waals surface area contributed by atoms with Crippen molar-refractivity contribution in [1.29, 1.82) is 0 Å². The molecule has 0 fully saturated rings. The van der Waals surface area contributed by atoms with Crippen LogP contribution in [0.1, 0.15) is 18.1 Å². The molecule has 0 bridgehead atoms. The molecule has 1 amide bonds. The third kappa shape index (κ3) is 2.85. The maximum absolute atomic E-state index is 11.7. The van der Waals surface area contributed by atoms with Crippen LogP contribution >= 0.6 is 0 Å². The molecule has 0 aromatic carbocycles. The lowest BCUT2D eigenvalue weighted by Crippen LogP contribution is -2.31. The van der Waals surface area contributed by atoms with E-state index in [1.807, 2.05) is 0 Å². The standard InChI is InChI=1S/C11H19N5O2/c1-15(11(17)8-18-6-4-12)7-10-14-13-9-3-2-5-16(9)10/h2-8,12H2,1H3. The molecular formula is C11H19N5O2. The maximum atomic E-state index is 11.7. The number of hydrogen-bond donors (Lipinski definition) is 1. The quantitative estimate of drug-likeness (QED) is 0.668. The summed E-state index contributed by atoms with van der Waals surface area (Å²) >= 11 is 0. The van der Waals surface area contributed by atoms with Crippen LogP contribution in [0.4, 0.5) is 0 Å². The summed E-state index contributed by atoms with van der Waals surface area (Å²) in [4.78, 5) is 13.4. The molecule has 2 N–H and O–H groups in total. The second kappa shape index (κ2) is 5.92. The number of amides is 1. The molecule has 0 atom stereocenters. The summed E-state index contributed by atoms with van der Waals surface area (Å²) in [7, 11) is 1.74. The number of aromatic nitrogens is 3. The minimum absolute atomic E-state index is 0.0642. The van der Waals surface area contributed by atoms with Crippen molar-refractivity contribution in [3.8, 4) is 0 Å². The summed E-state index contributed by atoms with van der Waals surface area (Å²) in [6, 6.07) is 0. The largest absolute Gasteiger partial charge is 0.370 e. The lowest BCUT2D eigenvalue weighted by molar-refractivity contribution is -0.135. The Morgan fingerprint density at radius 2 is 2.39 bits per heavy atom. The number of rotatable bonds is 6. The Kier molecular flexibility index (Phi) is 4.27. The summed E-state index contributed by atoms with van der Waals surface area (Å²) in [6.07, 6.45) is 2.08. The van der Waals surface area contributed by atoms with Gasteiger partial charge in [-0.25, -0.2) is 0 Å². The topological polar surface area (TPSA) is 86.3 Å². The van der Waals surface area contributed by atoms with Gasteiger partial charge in [-0.15, -0.1) is 10.2 Å². The van der Waals surface area contributed by atoms with Gasteiger partial charge in [0.05, 0.1) is 13.2 Å². The van der Waals surface area contributed by atoms with Gasteiger partial charge in [0.25, 0.3) is 0 Å². The van der Waals surface area contributed by atoms with E-state index in [-0.39, 0.29) is 12.5 Å².